The number of hydrogen-bond donors (Lipinski definition) is 1. The lowest BCUT2D eigenvalue weighted by Gasteiger charge is -2.35. The largest absolute Gasteiger partial charge is 0.493 e. The van der Waals surface area contributed by atoms with Crippen LogP contribution in [0.2, 0.25) is 0 Å². The number of morpholine rings is 1. The molecular formula is C21H23F3N2O4. The minimum Gasteiger partial charge on any atom is -0.493 e. The molecule has 1 amide bonds. The van der Waals surface area contributed by atoms with Gasteiger partial charge in [0.15, 0.2) is 11.5 Å². The molecule has 3 rings (SSSR count). The molecule has 1 aliphatic heterocycles. The lowest BCUT2D eigenvalue weighted by Crippen LogP contribution is -2.43. The molecule has 0 bridgehead atoms. The van der Waals surface area contributed by atoms with Gasteiger partial charge in [-0.2, -0.15) is 8.78 Å². The van der Waals surface area contributed by atoms with Crippen LogP contribution < -0.4 is 14.8 Å². The van der Waals surface area contributed by atoms with Gasteiger partial charge in [0.05, 0.1) is 26.4 Å². The van der Waals surface area contributed by atoms with E-state index in [-0.39, 0.29) is 35.5 Å². The van der Waals surface area contributed by atoms with E-state index in [1.54, 1.807) is 12.1 Å². The summed E-state index contributed by atoms with van der Waals surface area (Å²) >= 11 is 0. The Bertz CT molecular complexity index is 843. The van der Waals surface area contributed by atoms with Crippen molar-refractivity contribution in [3.8, 4) is 11.5 Å². The number of carbonyl (C=O) groups excluding carboxylic acids is 1. The van der Waals surface area contributed by atoms with Crippen molar-refractivity contribution in [2.24, 2.45) is 0 Å². The Kier molecular flexibility index (Phi) is 7.53. The van der Waals surface area contributed by atoms with Crippen molar-refractivity contribution in [3.63, 3.8) is 0 Å². The van der Waals surface area contributed by atoms with Crippen molar-refractivity contribution < 1.29 is 32.2 Å². The van der Waals surface area contributed by atoms with E-state index in [4.69, 9.17) is 9.47 Å². The average Bonchev–Trinajstić information content (AvgIpc) is 2.75. The fraction of sp³-hybridized carbons (Fsp3) is 0.381. The molecule has 2 aromatic carbocycles. The molecule has 1 heterocycles. The van der Waals surface area contributed by atoms with Gasteiger partial charge in [-0.1, -0.05) is 12.1 Å². The van der Waals surface area contributed by atoms with Crippen molar-refractivity contribution in [3.05, 3.63) is 59.4 Å². The fourth-order valence-electron chi connectivity index (χ4n) is 3.33. The molecule has 1 atom stereocenters. The van der Waals surface area contributed by atoms with Crippen molar-refractivity contribution in [1.29, 1.82) is 0 Å². The predicted octanol–water partition coefficient (Wildman–Crippen LogP) is 3.24. The minimum absolute atomic E-state index is 0.0335. The van der Waals surface area contributed by atoms with Crippen LogP contribution in [0.15, 0.2) is 42.5 Å². The standard InChI is InChI=1S/C21H23F3N2O4/c1-28-19-12-15(4-7-18(19)30-21(23)24)20(27)25-13-17(26-8-10-29-11-9-26)14-2-5-16(22)6-3-14/h2-7,12,17,21H,8-11,13H2,1H3,(H,25,27). The summed E-state index contributed by atoms with van der Waals surface area (Å²) in [7, 11) is 1.30. The quantitative estimate of drug-likeness (QED) is 0.705. The molecule has 1 unspecified atom stereocenters. The summed E-state index contributed by atoms with van der Waals surface area (Å²) in [5, 5.41) is 2.86. The maximum Gasteiger partial charge on any atom is 0.387 e. The third kappa shape index (κ3) is 5.64. The molecule has 1 aliphatic rings. The van der Waals surface area contributed by atoms with Gasteiger partial charge >= 0.3 is 6.61 Å². The van der Waals surface area contributed by atoms with Crippen molar-refractivity contribution in [2.45, 2.75) is 12.7 Å². The monoisotopic (exact) mass is 424 g/mol. The van der Waals surface area contributed by atoms with Crippen LogP contribution in [0, 0.1) is 5.82 Å². The third-order valence-corrected chi connectivity index (χ3v) is 4.84. The topological polar surface area (TPSA) is 60.0 Å². The number of rotatable bonds is 8. The van der Waals surface area contributed by atoms with Gasteiger partial charge in [0.1, 0.15) is 5.82 Å². The lowest BCUT2D eigenvalue weighted by atomic mass is 10.0. The first-order chi connectivity index (χ1) is 14.5. The molecule has 1 saturated heterocycles. The summed E-state index contributed by atoms with van der Waals surface area (Å²) in [5.74, 6) is -0.841. The van der Waals surface area contributed by atoms with E-state index in [0.29, 0.717) is 26.3 Å². The van der Waals surface area contributed by atoms with Crippen molar-refractivity contribution in [1.82, 2.24) is 10.2 Å². The van der Waals surface area contributed by atoms with Crippen LogP contribution in [0.1, 0.15) is 22.0 Å². The number of carbonyl (C=O) groups is 1. The second-order valence-corrected chi connectivity index (χ2v) is 6.67. The van der Waals surface area contributed by atoms with Crippen LogP contribution in [-0.2, 0) is 4.74 Å². The Labute approximate surface area is 172 Å². The molecule has 30 heavy (non-hydrogen) atoms. The molecule has 162 valence electrons. The van der Waals surface area contributed by atoms with Gasteiger partial charge in [-0.05, 0) is 35.9 Å². The molecule has 2 aromatic rings. The molecule has 0 aliphatic carbocycles. The third-order valence-electron chi connectivity index (χ3n) is 4.84. The number of ether oxygens (including phenoxy) is 3. The van der Waals surface area contributed by atoms with Gasteiger partial charge in [0.25, 0.3) is 5.91 Å². The van der Waals surface area contributed by atoms with E-state index in [1.807, 2.05) is 0 Å². The maximum atomic E-state index is 13.3. The first-order valence-electron chi connectivity index (χ1n) is 9.46. The number of methoxy groups -OCH3 is 1. The minimum atomic E-state index is -3.00. The van der Waals surface area contributed by atoms with Gasteiger partial charge in [-0.3, -0.25) is 9.69 Å². The summed E-state index contributed by atoms with van der Waals surface area (Å²) < 4.78 is 53.1. The molecule has 0 saturated carbocycles. The van der Waals surface area contributed by atoms with Crippen molar-refractivity contribution in [2.75, 3.05) is 40.0 Å². The highest BCUT2D eigenvalue weighted by Gasteiger charge is 2.24. The van der Waals surface area contributed by atoms with Crippen LogP contribution in [0.25, 0.3) is 0 Å². The van der Waals surface area contributed by atoms with Crippen LogP contribution in [0.3, 0.4) is 0 Å². The van der Waals surface area contributed by atoms with E-state index in [2.05, 4.69) is 15.0 Å². The molecule has 1 fully saturated rings. The van der Waals surface area contributed by atoms with E-state index >= 15 is 0 Å². The number of nitrogens with zero attached hydrogens (tertiary/aromatic N) is 1. The summed E-state index contributed by atoms with van der Waals surface area (Å²) in [5.41, 5.74) is 1.12. The van der Waals surface area contributed by atoms with E-state index in [0.717, 1.165) is 5.56 Å². The normalized spacial score (nSPS) is 15.6. The van der Waals surface area contributed by atoms with E-state index in [9.17, 15) is 18.0 Å². The molecule has 1 N–H and O–H groups in total. The smallest absolute Gasteiger partial charge is 0.387 e. The highest BCUT2D eigenvalue weighted by molar-refractivity contribution is 5.94. The van der Waals surface area contributed by atoms with Gasteiger partial charge in [-0.25, -0.2) is 4.39 Å². The second kappa shape index (κ2) is 10.3. The number of amides is 1. The Balaban J connectivity index is 1.72. The molecule has 9 heteroatoms. The number of hydrogen-bond acceptors (Lipinski definition) is 5. The SMILES string of the molecule is COc1cc(C(=O)NCC(c2ccc(F)cc2)N2CCOCC2)ccc1OC(F)F. The zero-order valence-electron chi connectivity index (χ0n) is 16.4. The second-order valence-electron chi connectivity index (χ2n) is 6.67. The molecular weight excluding hydrogens is 401 g/mol. The Hall–Kier alpha value is -2.78. The van der Waals surface area contributed by atoms with Crippen LogP contribution in [-0.4, -0.2) is 57.4 Å². The zero-order valence-corrected chi connectivity index (χ0v) is 16.4. The van der Waals surface area contributed by atoms with Gasteiger partial charge in [0, 0.05) is 25.2 Å². The Morgan fingerprint density at radius 3 is 2.47 bits per heavy atom. The lowest BCUT2D eigenvalue weighted by molar-refractivity contribution is -0.0512. The van der Waals surface area contributed by atoms with Gasteiger partial charge in [-0.15, -0.1) is 0 Å². The average molecular weight is 424 g/mol. The predicted molar refractivity (Wildman–Crippen MR) is 103 cm³/mol. The fourth-order valence-corrected chi connectivity index (χ4v) is 3.33. The Morgan fingerprint density at radius 1 is 1.13 bits per heavy atom. The first-order valence-corrected chi connectivity index (χ1v) is 9.46. The highest BCUT2D eigenvalue weighted by Crippen LogP contribution is 2.29. The first kappa shape index (κ1) is 21.9. The van der Waals surface area contributed by atoms with E-state index < -0.39 is 12.5 Å². The summed E-state index contributed by atoms with van der Waals surface area (Å²) in [6.07, 6.45) is 0. The number of halogens is 3. The van der Waals surface area contributed by atoms with Crippen molar-refractivity contribution >= 4 is 5.91 Å². The van der Waals surface area contributed by atoms with Crippen LogP contribution in [0.5, 0.6) is 11.5 Å². The number of benzene rings is 2. The van der Waals surface area contributed by atoms with Gasteiger partial charge < -0.3 is 19.5 Å². The Morgan fingerprint density at radius 2 is 1.83 bits per heavy atom. The summed E-state index contributed by atoms with van der Waals surface area (Å²) in [4.78, 5) is 14.8. The molecule has 0 spiro atoms. The highest BCUT2D eigenvalue weighted by atomic mass is 19.3. The number of nitrogens with one attached hydrogen (secondary N) is 1. The zero-order chi connectivity index (χ0) is 21.5. The molecule has 0 aromatic heterocycles. The maximum absolute atomic E-state index is 13.3. The summed E-state index contributed by atoms with van der Waals surface area (Å²) in [6.45, 7) is -0.189. The number of alkyl halides is 2. The van der Waals surface area contributed by atoms with Gasteiger partial charge in [0.2, 0.25) is 0 Å². The molecule has 6 nitrogen and oxygen atoms in total. The van der Waals surface area contributed by atoms with Crippen LogP contribution >= 0.6 is 0 Å². The molecule has 0 radical (unpaired) electrons. The summed E-state index contributed by atoms with van der Waals surface area (Å²) in [6, 6.07) is 9.99. The van der Waals surface area contributed by atoms with Crippen LogP contribution in [0.4, 0.5) is 13.2 Å². The van der Waals surface area contributed by atoms with E-state index in [1.165, 1.54) is 37.4 Å².